The third-order valence-electron chi connectivity index (χ3n) is 3.58. The zero-order valence-corrected chi connectivity index (χ0v) is 11.7. The van der Waals surface area contributed by atoms with Crippen LogP contribution in [0.15, 0.2) is 24.3 Å². The Balaban J connectivity index is 2.42. The minimum atomic E-state index is -0.297. The number of nitrogens with two attached hydrogens (primary N) is 1. The van der Waals surface area contributed by atoms with Crippen LogP contribution in [0.5, 0.6) is 0 Å². The first-order chi connectivity index (χ1) is 8.80. The minimum absolute atomic E-state index is 0.109. The first kappa shape index (κ1) is 14.0. The van der Waals surface area contributed by atoms with Gasteiger partial charge in [-0.3, -0.25) is 4.79 Å². The number of hydrogen-bond donors (Lipinski definition) is 1. The van der Waals surface area contributed by atoms with Gasteiger partial charge in [0.05, 0.1) is 6.04 Å². The first-order valence-electron chi connectivity index (χ1n) is 6.64. The van der Waals surface area contributed by atoms with Crippen LogP contribution in [-0.2, 0) is 4.79 Å². The third kappa shape index (κ3) is 2.78. The molecule has 1 heterocycles. The van der Waals surface area contributed by atoms with Gasteiger partial charge in [-0.05, 0) is 44.9 Å². The molecule has 2 atom stereocenters. The van der Waals surface area contributed by atoms with Crippen LogP contribution in [-0.4, -0.2) is 22.4 Å². The number of likely N-dealkylation sites (tertiary alicyclic amines) is 1. The molecule has 0 aromatic heterocycles. The number of hydrogen-bond acceptors (Lipinski definition) is 2. The number of carbonyl (C=O) groups is 1. The number of carbonyl (C=O) groups excluding carboxylic acids is 1. The van der Waals surface area contributed by atoms with Crippen LogP contribution in [0.2, 0.25) is 0 Å². The highest BCUT2D eigenvalue weighted by Crippen LogP contribution is 2.36. The highest BCUT2D eigenvalue weighted by molar-refractivity contribution is 5.78. The Morgan fingerprint density at radius 1 is 1.26 bits per heavy atom. The summed E-state index contributed by atoms with van der Waals surface area (Å²) in [4.78, 5) is 14.1. The second-order valence-corrected chi connectivity index (χ2v) is 6.13. The Labute approximate surface area is 113 Å². The predicted octanol–water partition coefficient (Wildman–Crippen LogP) is 2.62. The molecule has 3 nitrogen and oxygen atoms in total. The summed E-state index contributed by atoms with van der Waals surface area (Å²) in [6.07, 6.45) is 1.16. The van der Waals surface area contributed by atoms with Gasteiger partial charge in [0.15, 0.2) is 0 Å². The maximum atomic E-state index is 13.0. The maximum Gasteiger partial charge on any atom is 0.223 e. The van der Waals surface area contributed by atoms with Gasteiger partial charge in [-0.2, -0.15) is 0 Å². The Kier molecular flexibility index (Phi) is 3.63. The molecule has 0 aliphatic carbocycles. The zero-order valence-electron chi connectivity index (χ0n) is 11.7. The van der Waals surface area contributed by atoms with Crippen molar-refractivity contribution in [2.75, 3.05) is 0 Å². The van der Waals surface area contributed by atoms with E-state index in [1.807, 2.05) is 25.7 Å². The molecule has 19 heavy (non-hydrogen) atoms. The highest BCUT2D eigenvalue weighted by atomic mass is 19.1. The van der Waals surface area contributed by atoms with Crippen molar-refractivity contribution in [3.63, 3.8) is 0 Å². The van der Waals surface area contributed by atoms with Gasteiger partial charge in [0.2, 0.25) is 5.91 Å². The first-order valence-corrected chi connectivity index (χ1v) is 6.64. The predicted molar refractivity (Wildman–Crippen MR) is 72.9 cm³/mol. The van der Waals surface area contributed by atoms with Crippen LogP contribution in [0.4, 0.5) is 4.39 Å². The van der Waals surface area contributed by atoms with Crippen LogP contribution in [0.1, 0.15) is 45.2 Å². The van der Waals surface area contributed by atoms with Gasteiger partial charge < -0.3 is 10.6 Å². The molecule has 0 radical (unpaired) electrons. The summed E-state index contributed by atoms with van der Waals surface area (Å²) in [7, 11) is 0. The topological polar surface area (TPSA) is 46.3 Å². The average molecular weight is 264 g/mol. The molecule has 0 bridgehead atoms. The number of benzene rings is 1. The quantitative estimate of drug-likeness (QED) is 0.847. The Morgan fingerprint density at radius 2 is 1.84 bits per heavy atom. The number of nitrogens with zero attached hydrogens (tertiary/aromatic N) is 1. The molecule has 0 saturated carbocycles. The fraction of sp³-hybridized carbons (Fsp3) is 0.533. The van der Waals surface area contributed by atoms with E-state index >= 15 is 0 Å². The monoisotopic (exact) mass is 264 g/mol. The largest absolute Gasteiger partial charge is 0.329 e. The van der Waals surface area contributed by atoms with Gasteiger partial charge in [-0.15, -0.1) is 0 Å². The second-order valence-electron chi connectivity index (χ2n) is 6.13. The summed E-state index contributed by atoms with van der Waals surface area (Å²) >= 11 is 0. The molecule has 0 spiro atoms. The smallest absolute Gasteiger partial charge is 0.223 e. The molecular formula is C15H21FN2O. The van der Waals surface area contributed by atoms with Crippen molar-refractivity contribution >= 4 is 5.91 Å². The molecule has 2 rings (SSSR count). The molecular weight excluding hydrogens is 243 g/mol. The van der Waals surface area contributed by atoms with Gasteiger partial charge in [-0.1, -0.05) is 12.1 Å². The molecule has 4 heteroatoms. The lowest BCUT2D eigenvalue weighted by molar-refractivity contribution is -0.144. The van der Waals surface area contributed by atoms with Crippen molar-refractivity contribution in [3.05, 3.63) is 35.6 Å². The SMILES string of the molecule is CC(C)(C)N1C(=O)CCC(N)C1c1ccc(F)cc1. The Morgan fingerprint density at radius 3 is 2.37 bits per heavy atom. The van der Waals surface area contributed by atoms with E-state index < -0.39 is 0 Å². The molecule has 2 unspecified atom stereocenters. The summed E-state index contributed by atoms with van der Waals surface area (Å²) in [5.41, 5.74) is 6.81. The molecule has 1 aromatic carbocycles. The summed E-state index contributed by atoms with van der Waals surface area (Å²) in [6.45, 7) is 6.00. The molecule has 1 saturated heterocycles. The minimum Gasteiger partial charge on any atom is -0.329 e. The lowest BCUT2D eigenvalue weighted by Crippen LogP contribution is -2.56. The van der Waals surface area contributed by atoms with E-state index in [4.69, 9.17) is 5.73 Å². The maximum absolute atomic E-state index is 13.0. The third-order valence-corrected chi connectivity index (χ3v) is 3.58. The van der Waals surface area contributed by atoms with E-state index in [-0.39, 0.29) is 29.3 Å². The van der Waals surface area contributed by atoms with Crippen LogP contribution >= 0.6 is 0 Å². The van der Waals surface area contributed by atoms with E-state index in [1.54, 1.807) is 12.1 Å². The van der Waals surface area contributed by atoms with Crippen LogP contribution in [0, 0.1) is 5.82 Å². The van der Waals surface area contributed by atoms with Crippen molar-refractivity contribution in [2.24, 2.45) is 5.73 Å². The van der Waals surface area contributed by atoms with Crippen LogP contribution < -0.4 is 5.73 Å². The van der Waals surface area contributed by atoms with Gasteiger partial charge in [0.25, 0.3) is 0 Å². The molecule has 1 amide bonds. The van der Waals surface area contributed by atoms with Gasteiger partial charge in [0.1, 0.15) is 5.82 Å². The van der Waals surface area contributed by atoms with E-state index in [0.717, 1.165) is 5.56 Å². The molecule has 1 aromatic rings. The fourth-order valence-corrected chi connectivity index (χ4v) is 2.76. The van der Waals surface area contributed by atoms with Crippen molar-refractivity contribution in [3.8, 4) is 0 Å². The standard InChI is InChI=1S/C15H21FN2O/c1-15(2,3)18-13(19)9-8-12(17)14(18)10-4-6-11(16)7-5-10/h4-7,12,14H,8-9,17H2,1-3H3. The molecule has 104 valence electrons. The van der Waals surface area contributed by atoms with Crippen molar-refractivity contribution in [2.45, 2.75) is 51.2 Å². The van der Waals surface area contributed by atoms with E-state index in [0.29, 0.717) is 12.8 Å². The van der Waals surface area contributed by atoms with Crippen molar-refractivity contribution in [1.29, 1.82) is 0 Å². The molecule has 1 aliphatic rings. The Bertz CT molecular complexity index is 464. The van der Waals surface area contributed by atoms with Crippen molar-refractivity contribution in [1.82, 2.24) is 4.90 Å². The van der Waals surface area contributed by atoms with E-state index in [2.05, 4.69) is 0 Å². The number of piperidine rings is 1. The van der Waals surface area contributed by atoms with E-state index in [1.165, 1.54) is 12.1 Å². The van der Waals surface area contributed by atoms with Crippen LogP contribution in [0.3, 0.4) is 0 Å². The number of amides is 1. The number of rotatable bonds is 1. The van der Waals surface area contributed by atoms with Crippen LogP contribution in [0.25, 0.3) is 0 Å². The van der Waals surface area contributed by atoms with E-state index in [9.17, 15) is 9.18 Å². The summed E-state index contributed by atoms with van der Waals surface area (Å²) in [6, 6.07) is 5.99. The van der Waals surface area contributed by atoms with Gasteiger partial charge in [0, 0.05) is 18.0 Å². The summed E-state index contributed by atoms with van der Waals surface area (Å²) in [5.74, 6) is -0.162. The second kappa shape index (κ2) is 4.93. The molecule has 1 fully saturated rings. The summed E-state index contributed by atoms with van der Waals surface area (Å²) in [5, 5.41) is 0. The molecule has 1 aliphatic heterocycles. The lowest BCUT2D eigenvalue weighted by Gasteiger charge is -2.47. The summed E-state index contributed by atoms with van der Waals surface area (Å²) < 4.78 is 13.0. The fourth-order valence-electron chi connectivity index (χ4n) is 2.76. The van der Waals surface area contributed by atoms with Crippen molar-refractivity contribution < 1.29 is 9.18 Å². The number of halogens is 1. The van der Waals surface area contributed by atoms with Gasteiger partial charge in [-0.25, -0.2) is 4.39 Å². The van der Waals surface area contributed by atoms with Gasteiger partial charge >= 0.3 is 0 Å². The average Bonchev–Trinajstić information content (AvgIpc) is 2.31. The Hall–Kier alpha value is -1.42. The highest BCUT2D eigenvalue weighted by Gasteiger charge is 2.40. The zero-order chi connectivity index (χ0) is 14.2. The lowest BCUT2D eigenvalue weighted by atomic mass is 9.86. The molecule has 2 N–H and O–H groups in total. The normalized spacial score (nSPS) is 24.7.